The normalized spacial score (nSPS) is 14.6. The molecule has 0 atom stereocenters. The highest BCUT2D eigenvalue weighted by atomic mass is 16.5. The number of rotatable bonds is 8. The Morgan fingerprint density at radius 1 is 1.32 bits per heavy atom. The van der Waals surface area contributed by atoms with Gasteiger partial charge in [0.1, 0.15) is 0 Å². The SMILES string of the molecule is CCOC(=O)CCCCCn1ccn(C2CC2)c1=O. The molecule has 1 heterocycles. The maximum absolute atomic E-state index is 12.0. The van der Waals surface area contributed by atoms with Crippen LogP contribution in [0.25, 0.3) is 0 Å². The van der Waals surface area contributed by atoms with Crippen molar-refractivity contribution in [3.63, 3.8) is 0 Å². The molecule has 0 unspecified atom stereocenters. The molecule has 5 nitrogen and oxygen atoms in total. The van der Waals surface area contributed by atoms with E-state index in [-0.39, 0.29) is 11.7 Å². The lowest BCUT2D eigenvalue weighted by atomic mass is 10.2. The number of aryl methyl sites for hydroxylation is 1. The van der Waals surface area contributed by atoms with E-state index in [2.05, 4.69) is 0 Å². The van der Waals surface area contributed by atoms with E-state index in [9.17, 15) is 9.59 Å². The quantitative estimate of drug-likeness (QED) is 0.535. The number of hydrogen-bond donors (Lipinski definition) is 0. The molecule has 2 rings (SSSR count). The lowest BCUT2D eigenvalue weighted by Crippen LogP contribution is -2.23. The van der Waals surface area contributed by atoms with Crippen molar-refractivity contribution >= 4 is 5.97 Å². The molecule has 1 saturated carbocycles. The van der Waals surface area contributed by atoms with Gasteiger partial charge < -0.3 is 4.74 Å². The minimum absolute atomic E-state index is 0.105. The third-order valence-corrected chi connectivity index (χ3v) is 3.40. The number of carbonyl (C=O) groups excluding carboxylic acids is 1. The van der Waals surface area contributed by atoms with Gasteiger partial charge in [0.25, 0.3) is 0 Å². The number of hydrogen-bond acceptors (Lipinski definition) is 3. The summed E-state index contributed by atoms with van der Waals surface area (Å²) in [4.78, 5) is 23.1. The van der Waals surface area contributed by atoms with E-state index < -0.39 is 0 Å². The van der Waals surface area contributed by atoms with E-state index >= 15 is 0 Å². The van der Waals surface area contributed by atoms with Crippen LogP contribution in [0.2, 0.25) is 0 Å². The zero-order chi connectivity index (χ0) is 13.7. The van der Waals surface area contributed by atoms with Crippen LogP contribution in [0.5, 0.6) is 0 Å². The van der Waals surface area contributed by atoms with Gasteiger partial charge in [-0.15, -0.1) is 0 Å². The zero-order valence-electron chi connectivity index (χ0n) is 11.5. The topological polar surface area (TPSA) is 53.2 Å². The van der Waals surface area contributed by atoms with Gasteiger partial charge in [-0.05, 0) is 32.6 Å². The van der Waals surface area contributed by atoms with Gasteiger partial charge in [-0.3, -0.25) is 13.9 Å². The van der Waals surface area contributed by atoms with Gasteiger partial charge in [0.05, 0.1) is 6.61 Å². The number of carbonyl (C=O) groups is 1. The summed E-state index contributed by atoms with van der Waals surface area (Å²) >= 11 is 0. The molecular formula is C14H22N2O3. The molecule has 0 aromatic carbocycles. The number of nitrogens with zero attached hydrogens (tertiary/aromatic N) is 2. The van der Waals surface area contributed by atoms with Crippen LogP contribution in [-0.4, -0.2) is 21.7 Å². The van der Waals surface area contributed by atoms with Crippen molar-refractivity contribution in [1.82, 2.24) is 9.13 Å². The first-order chi connectivity index (χ1) is 9.22. The highest BCUT2D eigenvalue weighted by Crippen LogP contribution is 2.33. The minimum atomic E-state index is -0.125. The molecule has 0 bridgehead atoms. The van der Waals surface area contributed by atoms with Crippen LogP contribution in [0.1, 0.15) is 51.5 Å². The second kappa shape index (κ2) is 6.59. The number of ether oxygens (including phenoxy) is 1. The molecule has 0 amide bonds. The molecule has 19 heavy (non-hydrogen) atoms. The molecule has 1 aliphatic rings. The van der Waals surface area contributed by atoms with E-state index in [4.69, 9.17) is 4.74 Å². The van der Waals surface area contributed by atoms with E-state index in [0.717, 1.165) is 38.6 Å². The second-order valence-corrected chi connectivity index (χ2v) is 5.03. The molecule has 0 N–H and O–H groups in total. The summed E-state index contributed by atoms with van der Waals surface area (Å²) in [5.41, 5.74) is 0.105. The lowest BCUT2D eigenvalue weighted by Gasteiger charge is -2.03. The van der Waals surface area contributed by atoms with Gasteiger partial charge >= 0.3 is 11.7 Å². The van der Waals surface area contributed by atoms with Crippen LogP contribution < -0.4 is 5.69 Å². The summed E-state index contributed by atoms with van der Waals surface area (Å²) in [7, 11) is 0. The Hall–Kier alpha value is -1.52. The summed E-state index contributed by atoms with van der Waals surface area (Å²) in [5, 5.41) is 0. The fraction of sp³-hybridized carbons (Fsp3) is 0.714. The Morgan fingerprint density at radius 3 is 2.79 bits per heavy atom. The predicted molar refractivity (Wildman–Crippen MR) is 72.1 cm³/mol. The van der Waals surface area contributed by atoms with Gasteiger partial charge in [0.2, 0.25) is 0 Å². The van der Waals surface area contributed by atoms with Crippen molar-refractivity contribution in [1.29, 1.82) is 0 Å². The van der Waals surface area contributed by atoms with Crippen molar-refractivity contribution in [2.45, 2.75) is 58.0 Å². The third kappa shape index (κ3) is 3.98. The van der Waals surface area contributed by atoms with E-state index in [1.807, 2.05) is 23.9 Å². The molecule has 1 aromatic rings. The van der Waals surface area contributed by atoms with Gasteiger partial charge in [-0.1, -0.05) is 6.42 Å². The monoisotopic (exact) mass is 266 g/mol. The molecular weight excluding hydrogens is 244 g/mol. The van der Waals surface area contributed by atoms with Gasteiger partial charge in [0.15, 0.2) is 0 Å². The summed E-state index contributed by atoms with van der Waals surface area (Å²) in [6, 6.07) is 0.442. The van der Waals surface area contributed by atoms with Crippen LogP contribution in [0.15, 0.2) is 17.2 Å². The molecule has 1 fully saturated rings. The standard InChI is InChI=1S/C14H22N2O3/c1-2-19-13(17)6-4-3-5-9-15-10-11-16(14(15)18)12-7-8-12/h10-12H,2-9H2,1H3. The van der Waals surface area contributed by atoms with Crippen molar-refractivity contribution in [3.8, 4) is 0 Å². The number of aromatic nitrogens is 2. The first-order valence-electron chi connectivity index (χ1n) is 7.15. The Morgan fingerprint density at radius 2 is 2.11 bits per heavy atom. The van der Waals surface area contributed by atoms with E-state index in [1.165, 1.54) is 0 Å². The third-order valence-electron chi connectivity index (χ3n) is 3.40. The number of imidazole rings is 1. The van der Waals surface area contributed by atoms with Gasteiger partial charge in [0, 0.05) is 31.4 Å². The zero-order valence-corrected chi connectivity index (χ0v) is 11.5. The van der Waals surface area contributed by atoms with Gasteiger partial charge in [-0.25, -0.2) is 4.79 Å². The van der Waals surface area contributed by atoms with Crippen molar-refractivity contribution in [2.75, 3.05) is 6.61 Å². The van der Waals surface area contributed by atoms with Gasteiger partial charge in [-0.2, -0.15) is 0 Å². The molecule has 0 aliphatic heterocycles. The van der Waals surface area contributed by atoms with Crippen LogP contribution in [0.3, 0.4) is 0 Å². The molecule has 1 aliphatic carbocycles. The largest absolute Gasteiger partial charge is 0.466 e. The van der Waals surface area contributed by atoms with Crippen molar-refractivity contribution in [3.05, 3.63) is 22.9 Å². The van der Waals surface area contributed by atoms with Crippen LogP contribution >= 0.6 is 0 Å². The fourth-order valence-electron chi connectivity index (χ4n) is 2.19. The van der Waals surface area contributed by atoms with Crippen molar-refractivity contribution < 1.29 is 9.53 Å². The van der Waals surface area contributed by atoms with Crippen molar-refractivity contribution in [2.24, 2.45) is 0 Å². The second-order valence-electron chi connectivity index (χ2n) is 5.03. The minimum Gasteiger partial charge on any atom is -0.466 e. The molecule has 0 saturated heterocycles. The Bertz CT molecular complexity index is 471. The molecule has 0 radical (unpaired) electrons. The Balaban J connectivity index is 1.66. The Kier molecular flexibility index (Phi) is 4.82. The summed E-state index contributed by atoms with van der Waals surface area (Å²) in [6.45, 7) is 3.00. The van der Waals surface area contributed by atoms with Crippen LogP contribution in [0.4, 0.5) is 0 Å². The van der Waals surface area contributed by atoms with Crippen LogP contribution in [-0.2, 0) is 16.1 Å². The molecule has 0 spiro atoms. The smallest absolute Gasteiger partial charge is 0.328 e. The average molecular weight is 266 g/mol. The Labute approximate surface area is 113 Å². The fourth-order valence-corrected chi connectivity index (χ4v) is 2.19. The highest BCUT2D eigenvalue weighted by Gasteiger charge is 2.25. The van der Waals surface area contributed by atoms with E-state index in [0.29, 0.717) is 19.1 Å². The average Bonchev–Trinajstić information content (AvgIpc) is 3.15. The number of unbranched alkanes of at least 4 members (excludes halogenated alkanes) is 2. The molecule has 5 heteroatoms. The molecule has 1 aromatic heterocycles. The summed E-state index contributed by atoms with van der Waals surface area (Å²) in [6.07, 6.45) is 9.19. The summed E-state index contributed by atoms with van der Waals surface area (Å²) < 4.78 is 8.46. The first-order valence-corrected chi connectivity index (χ1v) is 7.15. The highest BCUT2D eigenvalue weighted by molar-refractivity contribution is 5.69. The maximum Gasteiger partial charge on any atom is 0.328 e. The van der Waals surface area contributed by atoms with E-state index in [1.54, 1.807) is 4.57 Å². The maximum atomic E-state index is 12.0. The lowest BCUT2D eigenvalue weighted by molar-refractivity contribution is -0.143. The first kappa shape index (κ1) is 13.9. The molecule has 106 valence electrons. The number of esters is 1. The predicted octanol–water partition coefficient (Wildman–Crippen LogP) is 2.11. The summed E-state index contributed by atoms with van der Waals surface area (Å²) in [5.74, 6) is -0.125. The van der Waals surface area contributed by atoms with Crippen LogP contribution in [0, 0.1) is 0 Å².